The number of nitrogens with zero attached hydrogens (tertiary/aromatic N) is 2. The summed E-state index contributed by atoms with van der Waals surface area (Å²) >= 11 is 0. The highest BCUT2D eigenvalue weighted by Gasteiger charge is 2.31. The first-order valence-electron chi connectivity index (χ1n) is 10.7. The van der Waals surface area contributed by atoms with Gasteiger partial charge in [0.1, 0.15) is 5.82 Å². The Balaban J connectivity index is 1.52. The SMILES string of the molecule is CN(C)[C@@H](CNC(=O)c1cccc(S(=O)(=O)N2CCc3ccccc32)c1)c1cccc(F)c1. The second-order valence-corrected chi connectivity index (χ2v) is 10.1. The molecule has 0 fully saturated rings. The Morgan fingerprint density at radius 2 is 1.82 bits per heavy atom. The first kappa shape index (κ1) is 22.9. The second kappa shape index (κ2) is 9.33. The molecule has 3 aromatic rings. The maximum absolute atomic E-state index is 13.7. The Kier molecular flexibility index (Phi) is 6.49. The monoisotopic (exact) mass is 467 g/mol. The quantitative estimate of drug-likeness (QED) is 0.576. The van der Waals surface area contributed by atoms with Crippen molar-refractivity contribution in [3.8, 4) is 0 Å². The lowest BCUT2D eigenvalue weighted by atomic mass is 10.1. The lowest BCUT2D eigenvalue weighted by Crippen LogP contribution is -2.34. The van der Waals surface area contributed by atoms with Gasteiger partial charge in [0.25, 0.3) is 15.9 Å². The number of sulfonamides is 1. The fourth-order valence-electron chi connectivity index (χ4n) is 4.09. The summed E-state index contributed by atoms with van der Waals surface area (Å²) in [7, 11) is -0.0971. The van der Waals surface area contributed by atoms with Crippen molar-refractivity contribution >= 4 is 21.6 Å². The molecule has 0 radical (unpaired) electrons. The zero-order chi connectivity index (χ0) is 23.6. The van der Waals surface area contributed by atoms with Crippen LogP contribution in [-0.4, -0.2) is 46.4 Å². The van der Waals surface area contributed by atoms with E-state index in [2.05, 4.69) is 5.32 Å². The molecule has 0 unspecified atom stereocenters. The predicted octanol–water partition coefficient (Wildman–Crippen LogP) is 3.61. The molecule has 1 atom stereocenters. The number of likely N-dealkylation sites (N-methyl/N-ethyl adjacent to an activating group) is 1. The number of benzene rings is 3. The van der Waals surface area contributed by atoms with Crippen molar-refractivity contribution in [1.82, 2.24) is 10.2 Å². The smallest absolute Gasteiger partial charge is 0.264 e. The molecule has 33 heavy (non-hydrogen) atoms. The van der Waals surface area contributed by atoms with Crippen LogP contribution in [0.2, 0.25) is 0 Å². The van der Waals surface area contributed by atoms with Crippen LogP contribution >= 0.6 is 0 Å². The van der Waals surface area contributed by atoms with E-state index in [9.17, 15) is 17.6 Å². The highest BCUT2D eigenvalue weighted by molar-refractivity contribution is 7.92. The Morgan fingerprint density at radius 3 is 2.58 bits per heavy atom. The molecule has 172 valence electrons. The molecule has 0 bridgehead atoms. The van der Waals surface area contributed by atoms with E-state index in [4.69, 9.17) is 0 Å². The van der Waals surface area contributed by atoms with Gasteiger partial charge in [0, 0.05) is 18.7 Å². The molecule has 0 spiro atoms. The van der Waals surface area contributed by atoms with E-state index in [1.807, 2.05) is 37.2 Å². The van der Waals surface area contributed by atoms with Gasteiger partial charge >= 0.3 is 0 Å². The van der Waals surface area contributed by atoms with Crippen LogP contribution in [0, 0.1) is 5.82 Å². The Labute approximate surface area is 193 Å². The first-order chi connectivity index (χ1) is 15.8. The highest BCUT2D eigenvalue weighted by atomic mass is 32.2. The molecule has 0 saturated carbocycles. The van der Waals surface area contributed by atoms with Crippen LogP contribution in [0.15, 0.2) is 77.7 Å². The van der Waals surface area contributed by atoms with E-state index in [0.717, 1.165) is 11.1 Å². The summed E-state index contributed by atoms with van der Waals surface area (Å²) in [4.78, 5) is 14.8. The molecule has 0 aliphatic carbocycles. The fraction of sp³-hybridized carbons (Fsp3) is 0.240. The van der Waals surface area contributed by atoms with Gasteiger partial charge in [-0.1, -0.05) is 36.4 Å². The van der Waals surface area contributed by atoms with Crippen molar-refractivity contribution in [2.75, 3.05) is 31.5 Å². The van der Waals surface area contributed by atoms with E-state index < -0.39 is 15.9 Å². The van der Waals surface area contributed by atoms with E-state index >= 15 is 0 Å². The number of halogens is 1. The normalized spacial score (nSPS) is 14.2. The number of rotatable bonds is 7. The van der Waals surface area contributed by atoms with E-state index in [1.165, 1.54) is 28.6 Å². The van der Waals surface area contributed by atoms with Crippen molar-refractivity contribution in [2.24, 2.45) is 0 Å². The summed E-state index contributed by atoms with van der Waals surface area (Å²) in [5, 5.41) is 2.85. The standard InChI is InChI=1S/C25H26FN3O3S/c1-28(2)24(19-8-5-10-21(26)15-19)17-27-25(30)20-9-6-11-22(16-20)33(31,32)29-14-13-18-7-3-4-12-23(18)29/h3-12,15-16,24H,13-14,17H2,1-2H3,(H,27,30)/t24-/m0/s1. The third kappa shape index (κ3) is 4.77. The molecule has 1 heterocycles. The van der Waals surface area contributed by atoms with Crippen LogP contribution in [0.3, 0.4) is 0 Å². The number of hydrogen-bond donors (Lipinski definition) is 1. The van der Waals surface area contributed by atoms with Gasteiger partial charge in [-0.25, -0.2) is 12.8 Å². The largest absolute Gasteiger partial charge is 0.350 e. The van der Waals surface area contributed by atoms with Gasteiger partial charge in [0.05, 0.1) is 16.6 Å². The number of amides is 1. The topological polar surface area (TPSA) is 69.7 Å². The lowest BCUT2D eigenvalue weighted by Gasteiger charge is -2.25. The minimum atomic E-state index is -3.80. The molecule has 1 N–H and O–H groups in total. The maximum atomic E-state index is 13.7. The Hall–Kier alpha value is -3.23. The predicted molar refractivity (Wildman–Crippen MR) is 126 cm³/mol. The number of anilines is 1. The van der Waals surface area contributed by atoms with Crippen LogP contribution in [0.4, 0.5) is 10.1 Å². The van der Waals surface area contributed by atoms with Gasteiger partial charge in [0.15, 0.2) is 0 Å². The van der Waals surface area contributed by atoms with Crippen molar-refractivity contribution in [1.29, 1.82) is 0 Å². The average molecular weight is 468 g/mol. The van der Waals surface area contributed by atoms with Gasteiger partial charge in [0.2, 0.25) is 0 Å². The summed E-state index contributed by atoms with van der Waals surface area (Å²) in [5.41, 5.74) is 2.66. The fourth-order valence-corrected chi connectivity index (χ4v) is 5.64. The van der Waals surface area contributed by atoms with E-state index in [1.54, 1.807) is 30.3 Å². The van der Waals surface area contributed by atoms with E-state index in [-0.39, 0.29) is 28.9 Å². The summed E-state index contributed by atoms with van der Waals surface area (Å²) in [6, 6.07) is 19.5. The van der Waals surface area contributed by atoms with Crippen LogP contribution in [0.25, 0.3) is 0 Å². The molecular weight excluding hydrogens is 441 g/mol. The van der Waals surface area contributed by atoms with Gasteiger partial charge < -0.3 is 10.2 Å². The molecular formula is C25H26FN3O3S. The number of carbonyl (C=O) groups excluding carboxylic acids is 1. The number of hydrogen-bond acceptors (Lipinski definition) is 4. The Bertz CT molecular complexity index is 1280. The number of carbonyl (C=O) groups is 1. The van der Waals surface area contributed by atoms with Crippen LogP contribution in [0.5, 0.6) is 0 Å². The molecule has 4 rings (SSSR count). The molecule has 0 aromatic heterocycles. The molecule has 8 heteroatoms. The van der Waals surface area contributed by atoms with Crippen molar-refractivity contribution < 1.29 is 17.6 Å². The van der Waals surface area contributed by atoms with Crippen molar-refractivity contribution in [2.45, 2.75) is 17.4 Å². The number of nitrogens with one attached hydrogen (secondary N) is 1. The summed E-state index contributed by atoms with van der Waals surface area (Å²) < 4.78 is 41.7. The van der Waals surface area contributed by atoms with Gasteiger partial charge in [-0.2, -0.15) is 0 Å². The van der Waals surface area contributed by atoms with Gasteiger partial charge in [-0.3, -0.25) is 9.10 Å². The minimum Gasteiger partial charge on any atom is -0.350 e. The molecule has 1 aliphatic heterocycles. The van der Waals surface area contributed by atoms with Crippen molar-refractivity contribution in [3.05, 3.63) is 95.3 Å². The van der Waals surface area contributed by atoms with Crippen LogP contribution in [0.1, 0.15) is 27.5 Å². The zero-order valence-corrected chi connectivity index (χ0v) is 19.3. The summed E-state index contributed by atoms with van der Waals surface area (Å²) in [6.45, 7) is 0.613. The van der Waals surface area contributed by atoms with E-state index in [0.29, 0.717) is 18.7 Å². The molecule has 6 nitrogen and oxygen atoms in total. The molecule has 3 aromatic carbocycles. The third-order valence-electron chi connectivity index (χ3n) is 5.84. The van der Waals surface area contributed by atoms with Gasteiger partial charge in [-0.15, -0.1) is 0 Å². The second-order valence-electron chi connectivity index (χ2n) is 8.23. The summed E-state index contributed by atoms with van der Waals surface area (Å²) in [6.07, 6.45) is 0.654. The van der Waals surface area contributed by atoms with Crippen LogP contribution < -0.4 is 9.62 Å². The van der Waals surface area contributed by atoms with Crippen LogP contribution in [-0.2, 0) is 16.4 Å². The minimum absolute atomic E-state index is 0.0705. The average Bonchev–Trinajstić information content (AvgIpc) is 3.24. The highest BCUT2D eigenvalue weighted by Crippen LogP contribution is 2.32. The number of fused-ring (bicyclic) bond motifs is 1. The lowest BCUT2D eigenvalue weighted by molar-refractivity contribution is 0.0941. The molecule has 1 amide bonds. The first-order valence-corrected chi connectivity index (χ1v) is 12.1. The maximum Gasteiger partial charge on any atom is 0.264 e. The third-order valence-corrected chi connectivity index (χ3v) is 7.65. The van der Waals surface area contributed by atoms with Crippen molar-refractivity contribution in [3.63, 3.8) is 0 Å². The number of para-hydroxylation sites is 1. The Morgan fingerprint density at radius 1 is 1.06 bits per heavy atom. The zero-order valence-electron chi connectivity index (χ0n) is 18.5. The molecule has 1 aliphatic rings. The van der Waals surface area contributed by atoms with Gasteiger partial charge in [-0.05, 0) is 68.0 Å². The molecule has 0 saturated heterocycles. The summed E-state index contributed by atoms with van der Waals surface area (Å²) in [5.74, 6) is -0.732.